The molecular weight excluding hydrogens is 521 g/mol. The molecule has 2 aromatic carbocycles. The number of pyridine rings is 1. The summed E-state index contributed by atoms with van der Waals surface area (Å²) in [6, 6.07) is 15.5. The number of nitrogen functional groups attached to an aromatic ring is 1. The first-order valence-electron chi connectivity index (χ1n) is 12.7. The van der Waals surface area contributed by atoms with E-state index in [1.807, 2.05) is 18.1 Å². The number of benzene rings is 2. The number of urea groups is 1. The number of likely N-dealkylation sites (N-methyl/N-ethyl adjacent to an activating group) is 1. The van der Waals surface area contributed by atoms with Crippen molar-refractivity contribution >= 4 is 23.2 Å². The third-order valence-corrected chi connectivity index (χ3v) is 6.71. The molecule has 4 N–H and O–H groups in total. The molecule has 2 amide bonds. The smallest absolute Gasteiger partial charge is 0.384 e. The van der Waals surface area contributed by atoms with E-state index in [1.165, 1.54) is 12.1 Å². The Kier molecular flexibility index (Phi) is 7.71. The van der Waals surface area contributed by atoms with Crippen LogP contribution >= 0.6 is 0 Å². The van der Waals surface area contributed by atoms with Gasteiger partial charge in [-0.15, -0.1) is 0 Å². The monoisotopic (exact) mass is 550 g/mol. The van der Waals surface area contributed by atoms with E-state index in [4.69, 9.17) is 5.73 Å². The van der Waals surface area contributed by atoms with Crippen molar-refractivity contribution in [1.29, 1.82) is 0 Å². The van der Waals surface area contributed by atoms with Crippen LogP contribution in [0.5, 0.6) is 0 Å². The van der Waals surface area contributed by atoms with Crippen LogP contribution in [0.1, 0.15) is 11.1 Å². The minimum Gasteiger partial charge on any atom is -0.384 e. The number of nitrogens with one attached hydrogen (secondary N) is 2. The van der Waals surface area contributed by atoms with Crippen molar-refractivity contribution in [1.82, 2.24) is 24.6 Å². The number of anilines is 3. The molecule has 1 fully saturated rings. The lowest BCUT2D eigenvalue weighted by Crippen LogP contribution is -2.44. The van der Waals surface area contributed by atoms with E-state index in [2.05, 4.69) is 25.6 Å². The number of nitrogens with zero attached hydrogens (tertiary/aromatic N) is 5. The zero-order valence-corrected chi connectivity index (χ0v) is 21.8. The first-order chi connectivity index (χ1) is 19.1. The summed E-state index contributed by atoms with van der Waals surface area (Å²) in [6.45, 7) is 3.24. The predicted octanol–water partition coefficient (Wildman–Crippen LogP) is 4.93. The van der Waals surface area contributed by atoms with E-state index in [-0.39, 0.29) is 17.8 Å². The van der Waals surface area contributed by atoms with Crippen LogP contribution in [0, 0.1) is 0 Å². The number of carbonyl (C=O) groups excluding carboxylic acids is 1. The molecule has 208 valence electrons. The van der Waals surface area contributed by atoms with Crippen LogP contribution < -0.4 is 16.4 Å². The van der Waals surface area contributed by atoms with Gasteiger partial charge in [0.25, 0.3) is 0 Å². The first kappa shape index (κ1) is 27.2. The zero-order chi connectivity index (χ0) is 28.3. The van der Waals surface area contributed by atoms with Gasteiger partial charge in [-0.05, 0) is 54.6 Å². The summed E-state index contributed by atoms with van der Waals surface area (Å²) in [6.07, 6.45) is -1.04. The lowest BCUT2D eigenvalue weighted by atomic mass is 10.0. The molecule has 0 bridgehead atoms. The average Bonchev–Trinajstić information content (AvgIpc) is 3.41. The van der Waals surface area contributed by atoms with Crippen LogP contribution in [0.3, 0.4) is 0 Å². The maximum Gasteiger partial charge on any atom is 0.416 e. The molecule has 12 heteroatoms. The number of alkyl halides is 3. The lowest BCUT2D eigenvalue weighted by molar-refractivity contribution is -0.138. The highest BCUT2D eigenvalue weighted by Crippen LogP contribution is 2.34. The Labute approximate surface area is 229 Å². The molecule has 0 radical (unpaired) electrons. The minimum atomic E-state index is -4.54. The highest BCUT2D eigenvalue weighted by atomic mass is 19.4. The number of hydrogen-bond donors (Lipinski definition) is 3. The van der Waals surface area contributed by atoms with Gasteiger partial charge in [-0.1, -0.05) is 24.3 Å². The topological polar surface area (TPSA) is 104 Å². The van der Waals surface area contributed by atoms with Crippen molar-refractivity contribution in [2.45, 2.75) is 12.7 Å². The largest absolute Gasteiger partial charge is 0.416 e. The Morgan fingerprint density at radius 1 is 0.950 bits per heavy atom. The molecule has 3 heterocycles. The fourth-order valence-electron chi connectivity index (χ4n) is 4.51. The van der Waals surface area contributed by atoms with Crippen LogP contribution in [0.25, 0.3) is 16.9 Å². The van der Waals surface area contributed by atoms with Crippen molar-refractivity contribution in [3.05, 3.63) is 84.2 Å². The van der Waals surface area contributed by atoms with Gasteiger partial charge in [0, 0.05) is 55.9 Å². The number of hydrogen-bond acceptors (Lipinski definition) is 6. The Morgan fingerprint density at radius 2 is 1.65 bits per heavy atom. The van der Waals surface area contributed by atoms with Crippen LogP contribution in [0.15, 0.2) is 73.1 Å². The number of nitrogens with two attached hydrogens (primary N) is 1. The van der Waals surface area contributed by atoms with Gasteiger partial charge in [-0.2, -0.15) is 18.3 Å². The molecule has 1 saturated heterocycles. The van der Waals surface area contributed by atoms with E-state index < -0.39 is 17.8 Å². The van der Waals surface area contributed by atoms with Crippen LogP contribution in [-0.2, 0) is 12.7 Å². The molecule has 4 aromatic rings. The number of halogens is 3. The Hall–Kier alpha value is -4.42. The van der Waals surface area contributed by atoms with Gasteiger partial charge in [0.15, 0.2) is 5.82 Å². The molecule has 1 aliphatic rings. The maximum atomic E-state index is 13.9. The van der Waals surface area contributed by atoms with Crippen LogP contribution in [-0.4, -0.2) is 63.8 Å². The summed E-state index contributed by atoms with van der Waals surface area (Å²) >= 11 is 0. The van der Waals surface area contributed by atoms with Crippen LogP contribution in [0.4, 0.5) is 35.2 Å². The molecular formula is C28H29F3N8O. The first-order valence-corrected chi connectivity index (χ1v) is 12.7. The molecule has 0 atom stereocenters. The number of piperazine rings is 1. The zero-order valence-electron chi connectivity index (χ0n) is 21.8. The summed E-state index contributed by atoms with van der Waals surface area (Å²) in [5.74, 6) is 0.974. The van der Waals surface area contributed by atoms with Crippen molar-refractivity contribution in [3.8, 4) is 16.9 Å². The number of rotatable bonds is 6. The molecule has 0 spiro atoms. The minimum absolute atomic E-state index is 0.0612. The normalized spacial score (nSPS) is 14.7. The summed E-state index contributed by atoms with van der Waals surface area (Å²) < 4.78 is 43.2. The number of carbonyl (C=O) groups is 1. The second-order valence-electron chi connectivity index (χ2n) is 9.70. The Bertz CT molecular complexity index is 1480. The van der Waals surface area contributed by atoms with Gasteiger partial charge in [-0.25, -0.2) is 14.5 Å². The van der Waals surface area contributed by atoms with Crippen molar-refractivity contribution < 1.29 is 18.0 Å². The maximum absolute atomic E-state index is 13.9. The molecule has 2 aromatic heterocycles. The highest BCUT2D eigenvalue weighted by Gasteiger charge is 2.34. The Balaban J connectivity index is 1.22. The molecule has 5 rings (SSSR count). The second-order valence-corrected chi connectivity index (χ2v) is 9.70. The van der Waals surface area contributed by atoms with Crippen molar-refractivity contribution in [2.24, 2.45) is 0 Å². The number of amides is 2. The quantitative estimate of drug-likeness (QED) is 0.315. The summed E-state index contributed by atoms with van der Waals surface area (Å²) in [5.41, 5.74) is 7.41. The lowest BCUT2D eigenvalue weighted by Gasteiger charge is -2.33. The van der Waals surface area contributed by atoms with Gasteiger partial charge in [0.1, 0.15) is 5.82 Å². The van der Waals surface area contributed by atoms with E-state index in [0.29, 0.717) is 30.4 Å². The van der Waals surface area contributed by atoms with Crippen molar-refractivity contribution in [2.75, 3.05) is 49.6 Å². The van der Waals surface area contributed by atoms with Gasteiger partial charge >= 0.3 is 12.2 Å². The van der Waals surface area contributed by atoms with E-state index in [9.17, 15) is 18.0 Å². The van der Waals surface area contributed by atoms with Gasteiger partial charge in [0.2, 0.25) is 0 Å². The number of aromatic nitrogens is 3. The molecule has 0 unspecified atom stereocenters. The van der Waals surface area contributed by atoms with E-state index in [0.717, 1.165) is 30.3 Å². The average molecular weight is 551 g/mol. The third-order valence-electron chi connectivity index (χ3n) is 6.71. The van der Waals surface area contributed by atoms with E-state index >= 15 is 0 Å². The van der Waals surface area contributed by atoms with Gasteiger partial charge in [-0.3, -0.25) is 4.90 Å². The van der Waals surface area contributed by atoms with Crippen LogP contribution in [0.2, 0.25) is 0 Å². The fourth-order valence-corrected chi connectivity index (χ4v) is 4.51. The van der Waals surface area contributed by atoms with Gasteiger partial charge in [0.05, 0.1) is 11.8 Å². The van der Waals surface area contributed by atoms with Gasteiger partial charge < -0.3 is 21.3 Å². The predicted molar refractivity (Wildman–Crippen MR) is 148 cm³/mol. The summed E-state index contributed by atoms with van der Waals surface area (Å²) in [4.78, 5) is 21.0. The third kappa shape index (κ3) is 6.58. The molecule has 9 nitrogen and oxygen atoms in total. The fraction of sp³-hybridized carbons (Fsp3) is 0.250. The summed E-state index contributed by atoms with van der Waals surface area (Å²) in [5, 5.41) is 9.49. The SMILES string of the molecule is CN1CCN(Cc2ccc(NC(=O)Nc3ccc(-c4cnn(-c5cccc(N)n5)c4)cc3)cc2C(F)(F)F)CC1. The van der Waals surface area contributed by atoms with E-state index in [1.54, 1.807) is 53.3 Å². The summed E-state index contributed by atoms with van der Waals surface area (Å²) in [7, 11) is 1.99. The molecule has 0 aliphatic carbocycles. The molecule has 40 heavy (non-hydrogen) atoms. The standard InChI is InChI=1S/C28H29F3N8O/c1-37-11-13-38(14-12-37)17-20-7-10-23(15-24(20)28(29,30)31)35-27(40)34-22-8-5-19(6-9-22)21-16-33-39(18-21)26-4-2-3-25(32)36-26/h2-10,15-16,18H,11-14,17H2,1H3,(H2,32,36)(H2,34,35,40). The second kappa shape index (κ2) is 11.4. The highest BCUT2D eigenvalue weighted by molar-refractivity contribution is 6.00. The van der Waals surface area contributed by atoms with Crippen molar-refractivity contribution in [3.63, 3.8) is 0 Å². The molecule has 0 saturated carbocycles. The Morgan fingerprint density at radius 3 is 2.35 bits per heavy atom. The molecule has 1 aliphatic heterocycles.